The Kier molecular flexibility index (Phi) is 5.01. The van der Waals surface area contributed by atoms with Crippen LogP contribution in [-0.4, -0.2) is 44.6 Å². The van der Waals surface area contributed by atoms with Gasteiger partial charge in [0.15, 0.2) is 0 Å². The first-order chi connectivity index (χ1) is 14.5. The topological polar surface area (TPSA) is 119 Å². The maximum atomic E-state index is 13.4. The lowest BCUT2D eigenvalue weighted by Crippen LogP contribution is -2.39. The average molecular weight is 405 g/mol. The van der Waals surface area contributed by atoms with E-state index in [0.717, 1.165) is 0 Å². The second-order valence-corrected chi connectivity index (χ2v) is 6.76. The van der Waals surface area contributed by atoms with Gasteiger partial charge in [-0.15, -0.1) is 0 Å². The van der Waals surface area contributed by atoms with Crippen LogP contribution in [0, 0.1) is 5.92 Å². The number of benzene rings is 2. The van der Waals surface area contributed by atoms with E-state index in [9.17, 15) is 14.7 Å². The van der Waals surface area contributed by atoms with E-state index in [4.69, 9.17) is 4.74 Å². The number of fused-ring (bicyclic) bond motifs is 1. The molecule has 0 saturated heterocycles. The molecule has 0 saturated carbocycles. The van der Waals surface area contributed by atoms with Crippen molar-refractivity contribution < 1.29 is 19.4 Å². The normalized spacial score (nSPS) is 17.6. The number of carbonyl (C=O) groups is 2. The molecular formula is C21H19N5O4. The first-order valence-corrected chi connectivity index (χ1v) is 9.22. The van der Waals surface area contributed by atoms with Crippen LogP contribution >= 0.6 is 0 Å². The predicted molar refractivity (Wildman–Crippen MR) is 109 cm³/mol. The minimum atomic E-state index is -1.09. The number of carbonyl (C=O) groups excluding carboxylic acids is 1. The largest absolute Gasteiger partial charge is 0.495 e. The third-order valence-corrected chi connectivity index (χ3v) is 5.02. The van der Waals surface area contributed by atoms with E-state index in [-0.39, 0.29) is 11.5 Å². The highest BCUT2D eigenvalue weighted by Crippen LogP contribution is 2.37. The molecular weight excluding hydrogens is 386 g/mol. The molecule has 2 atom stereocenters. The van der Waals surface area contributed by atoms with Crippen molar-refractivity contribution in [3.05, 3.63) is 66.0 Å². The molecule has 9 heteroatoms. The molecule has 30 heavy (non-hydrogen) atoms. The van der Waals surface area contributed by atoms with E-state index in [2.05, 4.69) is 20.4 Å². The summed E-state index contributed by atoms with van der Waals surface area (Å²) in [4.78, 5) is 33.8. The number of aromatic nitrogens is 3. The molecule has 0 spiro atoms. The number of nitrogens with zero attached hydrogens (tertiary/aromatic N) is 4. The number of carboxylic acids is 1. The van der Waals surface area contributed by atoms with E-state index in [1.165, 1.54) is 24.2 Å². The molecule has 2 heterocycles. The van der Waals surface area contributed by atoms with Crippen molar-refractivity contribution in [2.24, 2.45) is 10.9 Å². The van der Waals surface area contributed by atoms with Crippen LogP contribution in [0.3, 0.4) is 0 Å². The number of nitrogens with one attached hydrogen (secondary N) is 1. The van der Waals surface area contributed by atoms with Crippen LogP contribution < -0.4 is 10.1 Å². The Morgan fingerprint density at radius 2 is 1.87 bits per heavy atom. The van der Waals surface area contributed by atoms with Gasteiger partial charge >= 0.3 is 5.97 Å². The zero-order valence-corrected chi connectivity index (χ0v) is 16.3. The second kappa shape index (κ2) is 7.78. The van der Waals surface area contributed by atoms with E-state index in [1.54, 1.807) is 49.4 Å². The van der Waals surface area contributed by atoms with Crippen LogP contribution in [0.15, 0.2) is 59.9 Å². The number of para-hydroxylation sites is 2. The third-order valence-electron chi connectivity index (χ3n) is 5.02. The van der Waals surface area contributed by atoms with E-state index < -0.39 is 17.9 Å². The molecule has 0 aliphatic carbocycles. The number of rotatable bonds is 5. The Labute approximate surface area is 172 Å². The summed E-state index contributed by atoms with van der Waals surface area (Å²) in [6.45, 7) is 1.72. The molecule has 2 N–H and O–H groups in total. The Bertz CT molecular complexity index is 1150. The molecule has 4 rings (SSSR count). The first-order valence-electron chi connectivity index (χ1n) is 9.22. The molecule has 1 aromatic heterocycles. The molecule has 152 valence electrons. The highest BCUT2D eigenvalue weighted by atomic mass is 16.5. The SMILES string of the molecule is COc1ccccc1NC(=O)C1C(C)=Nc2ncnn2C1c1ccccc1C(=O)O. The number of aliphatic imine (C=N–C) groups is 1. The number of hydrogen-bond acceptors (Lipinski definition) is 6. The summed E-state index contributed by atoms with van der Waals surface area (Å²) in [7, 11) is 1.52. The van der Waals surface area contributed by atoms with Crippen molar-refractivity contribution in [2.75, 3.05) is 12.4 Å². The second-order valence-electron chi connectivity index (χ2n) is 6.76. The standard InChI is InChI=1S/C21H19N5O4/c1-12-17(19(27)25-15-9-5-6-10-16(15)30-2)18(26-21(24-12)22-11-23-26)13-7-3-4-8-14(13)20(28)29/h3-11,17-18H,1-2H3,(H,25,27)(H,28,29). The van der Waals surface area contributed by atoms with Crippen LogP contribution in [0.2, 0.25) is 0 Å². The number of carboxylic acid groups (broad SMARTS) is 1. The fourth-order valence-electron chi connectivity index (χ4n) is 3.67. The molecule has 1 aliphatic heterocycles. The van der Waals surface area contributed by atoms with Crippen LogP contribution in [-0.2, 0) is 4.79 Å². The molecule has 2 aromatic carbocycles. The Morgan fingerprint density at radius 1 is 1.13 bits per heavy atom. The molecule has 0 radical (unpaired) electrons. The van der Waals surface area contributed by atoms with Gasteiger partial charge in [0.2, 0.25) is 11.9 Å². The summed E-state index contributed by atoms with van der Waals surface area (Å²) >= 11 is 0. The van der Waals surface area contributed by atoms with Crippen LogP contribution in [0.5, 0.6) is 5.75 Å². The molecule has 0 fully saturated rings. The van der Waals surface area contributed by atoms with E-state index >= 15 is 0 Å². The minimum Gasteiger partial charge on any atom is -0.495 e. The van der Waals surface area contributed by atoms with Gasteiger partial charge in [0.25, 0.3) is 0 Å². The summed E-state index contributed by atoms with van der Waals surface area (Å²) < 4.78 is 6.80. The maximum Gasteiger partial charge on any atom is 0.336 e. The van der Waals surface area contributed by atoms with Gasteiger partial charge in [0.05, 0.1) is 24.4 Å². The van der Waals surface area contributed by atoms with Crippen molar-refractivity contribution in [1.29, 1.82) is 0 Å². The van der Waals surface area contributed by atoms with Gasteiger partial charge in [-0.2, -0.15) is 10.1 Å². The van der Waals surface area contributed by atoms with Gasteiger partial charge in [-0.1, -0.05) is 30.3 Å². The lowest BCUT2D eigenvalue weighted by atomic mass is 9.85. The third kappa shape index (κ3) is 3.30. The van der Waals surface area contributed by atoms with Crippen molar-refractivity contribution >= 4 is 29.2 Å². The highest BCUT2D eigenvalue weighted by molar-refractivity contribution is 6.11. The molecule has 0 bridgehead atoms. The molecule has 1 amide bonds. The lowest BCUT2D eigenvalue weighted by Gasteiger charge is -2.31. The van der Waals surface area contributed by atoms with Crippen LogP contribution in [0.25, 0.3) is 0 Å². The van der Waals surface area contributed by atoms with Gasteiger partial charge in [-0.3, -0.25) is 4.79 Å². The smallest absolute Gasteiger partial charge is 0.336 e. The van der Waals surface area contributed by atoms with Gasteiger partial charge in [-0.25, -0.2) is 14.5 Å². The Balaban J connectivity index is 1.81. The van der Waals surface area contributed by atoms with Crippen molar-refractivity contribution in [3.8, 4) is 5.75 Å². The van der Waals surface area contributed by atoms with Gasteiger partial charge in [-0.05, 0) is 30.7 Å². The quantitative estimate of drug-likeness (QED) is 0.674. The van der Waals surface area contributed by atoms with Gasteiger partial charge < -0.3 is 15.2 Å². The van der Waals surface area contributed by atoms with E-state index in [0.29, 0.717) is 28.7 Å². The number of ether oxygens (including phenoxy) is 1. The highest BCUT2D eigenvalue weighted by Gasteiger charge is 2.40. The molecule has 9 nitrogen and oxygen atoms in total. The lowest BCUT2D eigenvalue weighted by molar-refractivity contribution is -0.118. The summed E-state index contributed by atoms with van der Waals surface area (Å²) in [5.41, 5.74) is 1.56. The summed E-state index contributed by atoms with van der Waals surface area (Å²) in [6.07, 6.45) is 1.34. The van der Waals surface area contributed by atoms with Crippen LogP contribution in [0.1, 0.15) is 28.9 Å². The number of anilines is 1. The summed E-state index contributed by atoms with van der Waals surface area (Å²) in [5.74, 6) is -1.41. The minimum absolute atomic E-state index is 0.0914. The maximum absolute atomic E-state index is 13.4. The fraction of sp³-hybridized carbons (Fsp3) is 0.190. The average Bonchev–Trinajstić information content (AvgIpc) is 3.21. The summed E-state index contributed by atoms with van der Waals surface area (Å²) in [6, 6.07) is 12.9. The van der Waals surface area contributed by atoms with Crippen molar-refractivity contribution in [3.63, 3.8) is 0 Å². The number of aromatic carboxylic acids is 1. The fourth-order valence-corrected chi connectivity index (χ4v) is 3.67. The van der Waals surface area contributed by atoms with Crippen LogP contribution in [0.4, 0.5) is 11.6 Å². The molecule has 2 unspecified atom stereocenters. The molecule has 1 aliphatic rings. The first kappa shape index (κ1) is 19.3. The molecule has 3 aromatic rings. The van der Waals surface area contributed by atoms with Crippen molar-refractivity contribution in [2.45, 2.75) is 13.0 Å². The van der Waals surface area contributed by atoms with E-state index in [1.807, 2.05) is 0 Å². The Hall–Kier alpha value is -4.01. The number of amides is 1. The monoisotopic (exact) mass is 405 g/mol. The zero-order chi connectivity index (χ0) is 21.3. The number of methoxy groups -OCH3 is 1. The summed E-state index contributed by atoms with van der Waals surface area (Å²) in [5, 5.41) is 16.8. The Morgan fingerprint density at radius 3 is 2.63 bits per heavy atom. The zero-order valence-electron chi connectivity index (χ0n) is 16.3. The van der Waals surface area contributed by atoms with Crippen molar-refractivity contribution in [1.82, 2.24) is 14.8 Å². The number of hydrogen-bond donors (Lipinski definition) is 2. The van der Waals surface area contributed by atoms with Gasteiger partial charge in [0, 0.05) is 5.71 Å². The van der Waals surface area contributed by atoms with Gasteiger partial charge in [0.1, 0.15) is 18.0 Å². The predicted octanol–water partition coefficient (Wildman–Crippen LogP) is 2.94.